The summed E-state index contributed by atoms with van der Waals surface area (Å²) in [6.07, 6.45) is 8.41. The highest BCUT2D eigenvalue weighted by Crippen LogP contribution is 2.42. The summed E-state index contributed by atoms with van der Waals surface area (Å²) in [5.74, 6) is 1.87. The smallest absolute Gasteiger partial charge is 0.0574 e. The maximum atomic E-state index is 5.45. The van der Waals surface area contributed by atoms with Crippen molar-refractivity contribution >= 4 is 0 Å². The molecule has 74 valence electrons. The van der Waals surface area contributed by atoms with Gasteiger partial charge in [0.05, 0.1) is 6.10 Å². The summed E-state index contributed by atoms with van der Waals surface area (Å²) >= 11 is 0. The predicted octanol–water partition coefficient (Wildman–Crippen LogP) is 3.16. The fraction of sp³-hybridized carbons (Fsp3) is 0.833. The molecule has 1 heteroatoms. The van der Waals surface area contributed by atoms with Crippen LogP contribution in [0.4, 0.5) is 0 Å². The van der Waals surface area contributed by atoms with E-state index in [1.165, 1.54) is 44.1 Å². The van der Waals surface area contributed by atoms with Crippen molar-refractivity contribution in [1.29, 1.82) is 0 Å². The van der Waals surface area contributed by atoms with Crippen LogP contribution in [-0.2, 0) is 4.74 Å². The van der Waals surface area contributed by atoms with Crippen LogP contribution in [0, 0.1) is 11.8 Å². The van der Waals surface area contributed by atoms with Crippen LogP contribution < -0.4 is 0 Å². The second kappa shape index (κ2) is 3.83. The molecule has 0 N–H and O–H groups in total. The van der Waals surface area contributed by atoms with E-state index in [4.69, 9.17) is 4.74 Å². The molecule has 2 aliphatic rings. The zero-order valence-corrected chi connectivity index (χ0v) is 8.59. The molecule has 0 saturated heterocycles. The topological polar surface area (TPSA) is 9.23 Å². The van der Waals surface area contributed by atoms with Gasteiger partial charge in [-0.1, -0.05) is 12.2 Å². The van der Waals surface area contributed by atoms with Crippen molar-refractivity contribution in [3.05, 3.63) is 12.2 Å². The third kappa shape index (κ3) is 1.96. The van der Waals surface area contributed by atoms with Crippen LogP contribution in [0.3, 0.4) is 0 Å². The van der Waals surface area contributed by atoms with Crippen LogP contribution in [0.15, 0.2) is 12.2 Å². The average molecular weight is 180 g/mol. The zero-order valence-electron chi connectivity index (χ0n) is 8.59. The number of rotatable bonds is 1. The van der Waals surface area contributed by atoms with Crippen LogP contribution in [0.5, 0.6) is 0 Å². The van der Waals surface area contributed by atoms with Gasteiger partial charge in [0.25, 0.3) is 0 Å². The second-order valence-corrected chi connectivity index (χ2v) is 4.68. The number of allylic oxidation sites excluding steroid dienone is 1. The Morgan fingerprint density at radius 1 is 1.23 bits per heavy atom. The molecule has 2 saturated carbocycles. The molecule has 1 nitrogen and oxygen atoms in total. The Bertz CT molecular complexity index is 197. The molecule has 0 spiro atoms. The summed E-state index contributed by atoms with van der Waals surface area (Å²) in [4.78, 5) is 0. The van der Waals surface area contributed by atoms with Gasteiger partial charge in [-0.2, -0.15) is 0 Å². The Morgan fingerprint density at radius 2 is 2.08 bits per heavy atom. The summed E-state index contributed by atoms with van der Waals surface area (Å²) < 4.78 is 5.45. The Morgan fingerprint density at radius 3 is 2.85 bits per heavy atom. The highest BCUT2D eigenvalue weighted by atomic mass is 16.5. The lowest BCUT2D eigenvalue weighted by Gasteiger charge is -2.39. The van der Waals surface area contributed by atoms with Gasteiger partial charge in [0.1, 0.15) is 0 Å². The lowest BCUT2D eigenvalue weighted by molar-refractivity contribution is 0.0219. The first-order chi connectivity index (χ1) is 6.29. The van der Waals surface area contributed by atoms with E-state index in [1.807, 2.05) is 7.11 Å². The molecule has 2 rings (SSSR count). The van der Waals surface area contributed by atoms with E-state index in [2.05, 4.69) is 6.58 Å². The third-order valence-corrected chi connectivity index (χ3v) is 3.84. The molecule has 0 heterocycles. The summed E-state index contributed by atoms with van der Waals surface area (Å²) in [6, 6.07) is 0. The molecule has 3 atom stereocenters. The molecule has 0 bridgehead atoms. The number of hydrogen-bond donors (Lipinski definition) is 0. The third-order valence-electron chi connectivity index (χ3n) is 3.84. The largest absolute Gasteiger partial charge is 0.381 e. The molecule has 0 aromatic carbocycles. The lowest BCUT2D eigenvalue weighted by Crippen LogP contribution is -2.31. The number of ether oxygens (including phenoxy) is 1. The molecule has 0 radical (unpaired) electrons. The highest BCUT2D eigenvalue weighted by molar-refractivity contribution is 5.03. The van der Waals surface area contributed by atoms with Gasteiger partial charge in [-0.25, -0.2) is 0 Å². The molecule has 2 fully saturated rings. The Balaban J connectivity index is 1.95. The average Bonchev–Trinajstić information content (AvgIpc) is 2.16. The SMILES string of the molecule is C=C1CCC2CCC(OC)CC2C1. The standard InChI is InChI=1S/C12H20O/c1-9-3-4-10-5-6-12(13-2)8-11(10)7-9/h10-12H,1,3-8H2,2H3. The Hall–Kier alpha value is -0.300. The lowest BCUT2D eigenvalue weighted by atomic mass is 9.69. The van der Waals surface area contributed by atoms with Gasteiger partial charge in [0.2, 0.25) is 0 Å². The zero-order chi connectivity index (χ0) is 9.26. The van der Waals surface area contributed by atoms with Crippen molar-refractivity contribution in [3.63, 3.8) is 0 Å². The van der Waals surface area contributed by atoms with Gasteiger partial charge >= 0.3 is 0 Å². The molecule has 13 heavy (non-hydrogen) atoms. The molecule has 0 aromatic heterocycles. The monoisotopic (exact) mass is 180 g/mol. The van der Waals surface area contributed by atoms with Crippen molar-refractivity contribution in [3.8, 4) is 0 Å². The summed E-state index contributed by atoms with van der Waals surface area (Å²) in [6.45, 7) is 4.12. The molecular formula is C12H20O. The minimum absolute atomic E-state index is 0.534. The van der Waals surface area contributed by atoms with Crippen LogP contribution in [0.2, 0.25) is 0 Å². The van der Waals surface area contributed by atoms with E-state index < -0.39 is 0 Å². The van der Waals surface area contributed by atoms with E-state index in [9.17, 15) is 0 Å². The first-order valence-corrected chi connectivity index (χ1v) is 5.49. The summed E-state index contributed by atoms with van der Waals surface area (Å²) in [5.41, 5.74) is 1.47. The van der Waals surface area contributed by atoms with E-state index in [0.29, 0.717) is 6.10 Å². The summed E-state index contributed by atoms with van der Waals surface area (Å²) in [7, 11) is 1.85. The van der Waals surface area contributed by atoms with Gasteiger partial charge < -0.3 is 4.74 Å². The van der Waals surface area contributed by atoms with E-state index in [1.54, 1.807) is 0 Å². The minimum Gasteiger partial charge on any atom is -0.381 e. The second-order valence-electron chi connectivity index (χ2n) is 4.68. The maximum Gasteiger partial charge on any atom is 0.0574 e. The Kier molecular flexibility index (Phi) is 2.73. The van der Waals surface area contributed by atoms with E-state index >= 15 is 0 Å². The molecule has 2 aliphatic carbocycles. The first kappa shape index (κ1) is 9.26. The van der Waals surface area contributed by atoms with Crippen LogP contribution in [0.25, 0.3) is 0 Å². The van der Waals surface area contributed by atoms with Crippen molar-refractivity contribution in [2.45, 2.75) is 44.6 Å². The fourth-order valence-electron chi connectivity index (χ4n) is 2.99. The van der Waals surface area contributed by atoms with Crippen molar-refractivity contribution < 1.29 is 4.74 Å². The van der Waals surface area contributed by atoms with Crippen LogP contribution in [0.1, 0.15) is 38.5 Å². The highest BCUT2D eigenvalue weighted by Gasteiger charge is 2.32. The molecule has 3 unspecified atom stereocenters. The maximum absolute atomic E-state index is 5.45. The molecular weight excluding hydrogens is 160 g/mol. The van der Waals surface area contributed by atoms with Crippen molar-refractivity contribution in [1.82, 2.24) is 0 Å². The number of methoxy groups -OCH3 is 1. The normalized spacial score (nSPS) is 40.1. The van der Waals surface area contributed by atoms with Crippen molar-refractivity contribution in [2.24, 2.45) is 11.8 Å². The van der Waals surface area contributed by atoms with Gasteiger partial charge in [-0.3, -0.25) is 0 Å². The van der Waals surface area contributed by atoms with Crippen molar-refractivity contribution in [2.75, 3.05) is 7.11 Å². The van der Waals surface area contributed by atoms with Crippen LogP contribution in [-0.4, -0.2) is 13.2 Å². The molecule has 0 aromatic rings. The van der Waals surface area contributed by atoms with Gasteiger partial charge in [0.15, 0.2) is 0 Å². The quantitative estimate of drug-likeness (QED) is 0.563. The summed E-state index contributed by atoms with van der Waals surface area (Å²) in [5, 5.41) is 0. The molecule has 0 aliphatic heterocycles. The Labute approximate surface area is 81.2 Å². The van der Waals surface area contributed by atoms with Gasteiger partial charge in [-0.15, -0.1) is 0 Å². The first-order valence-electron chi connectivity index (χ1n) is 5.49. The number of fused-ring (bicyclic) bond motifs is 1. The van der Waals surface area contributed by atoms with E-state index in [-0.39, 0.29) is 0 Å². The number of hydrogen-bond acceptors (Lipinski definition) is 1. The van der Waals surface area contributed by atoms with Gasteiger partial charge in [-0.05, 0) is 50.4 Å². The minimum atomic E-state index is 0.534. The predicted molar refractivity (Wildman–Crippen MR) is 54.6 cm³/mol. The van der Waals surface area contributed by atoms with Gasteiger partial charge in [0, 0.05) is 7.11 Å². The van der Waals surface area contributed by atoms with Crippen LogP contribution >= 0.6 is 0 Å². The molecule has 0 amide bonds. The van der Waals surface area contributed by atoms with E-state index in [0.717, 1.165) is 11.8 Å². The fourth-order valence-corrected chi connectivity index (χ4v) is 2.99.